The fourth-order valence-corrected chi connectivity index (χ4v) is 4.90. The van der Waals surface area contributed by atoms with Crippen LogP contribution in [0.2, 0.25) is 0 Å². The smallest absolute Gasteiger partial charge is 0.394 e. The second-order valence-electron chi connectivity index (χ2n) is 6.59. The second-order valence-corrected chi connectivity index (χ2v) is 6.59. The molecular weight excluding hydrogens is 230 g/mol. The summed E-state index contributed by atoms with van der Waals surface area (Å²) in [6.45, 7) is 0.639. The minimum Gasteiger partial charge on any atom is -0.474 e. The van der Waals surface area contributed by atoms with Crippen LogP contribution in [0.1, 0.15) is 32.1 Å². The molecule has 4 fully saturated rings. The molecule has 0 aromatic carbocycles. The molecule has 0 aromatic heterocycles. The Labute approximate surface area is 107 Å². The van der Waals surface area contributed by atoms with Crippen LogP contribution in [0.15, 0.2) is 0 Å². The quantitative estimate of drug-likeness (QED) is 0.758. The molecule has 4 rings (SSSR count). The van der Waals surface area contributed by atoms with Gasteiger partial charge in [0, 0.05) is 13.6 Å². The first kappa shape index (κ1) is 12.0. The third-order valence-corrected chi connectivity index (χ3v) is 5.44. The van der Waals surface area contributed by atoms with Gasteiger partial charge in [-0.2, -0.15) is 0 Å². The molecule has 4 aliphatic rings. The van der Waals surface area contributed by atoms with Gasteiger partial charge in [0.05, 0.1) is 0 Å². The van der Waals surface area contributed by atoms with Gasteiger partial charge >= 0.3 is 11.9 Å². The highest BCUT2D eigenvalue weighted by atomic mass is 16.4. The summed E-state index contributed by atoms with van der Waals surface area (Å²) in [4.78, 5) is 23.5. The van der Waals surface area contributed by atoms with Gasteiger partial charge in [-0.25, -0.2) is 4.79 Å². The van der Waals surface area contributed by atoms with Crippen molar-refractivity contribution in [1.82, 2.24) is 4.90 Å². The second kappa shape index (κ2) is 4.25. The number of aliphatic carboxylic acids is 1. The number of hydrogen-bond donors (Lipinski definition) is 1. The Balaban J connectivity index is 1.67. The number of amides is 1. The molecule has 1 amide bonds. The fourth-order valence-electron chi connectivity index (χ4n) is 4.90. The zero-order chi connectivity index (χ0) is 12.9. The Hall–Kier alpha value is -1.06. The lowest BCUT2D eigenvalue weighted by Crippen LogP contribution is -2.50. The minimum absolute atomic E-state index is 0.547. The van der Waals surface area contributed by atoms with Crippen LogP contribution in [-0.4, -0.2) is 35.5 Å². The maximum Gasteiger partial charge on any atom is 0.394 e. The van der Waals surface area contributed by atoms with Gasteiger partial charge in [-0.3, -0.25) is 4.79 Å². The van der Waals surface area contributed by atoms with Gasteiger partial charge in [0.25, 0.3) is 0 Å². The van der Waals surface area contributed by atoms with Crippen LogP contribution < -0.4 is 0 Å². The Morgan fingerprint density at radius 2 is 1.56 bits per heavy atom. The predicted octanol–water partition coefficient (Wildman–Crippen LogP) is 1.60. The maximum absolute atomic E-state index is 11.4. The van der Waals surface area contributed by atoms with Crippen LogP contribution in [0.5, 0.6) is 0 Å². The molecule has 4 aliphatic carbocycles. The van der Waals surface area contributed by atoms with Crippen LogP contribution in [0.4, 0.5) is 0 Å². The van der Waals surface area contributed by atoms with Crippen LogP contribution in [0.25, 0.3) is 0 Å². The molecule has 4 bridgehead atoms. The van der Waals surface area contributed by atoms with E-state index in [1.54, 1.807) is 7.05 Å². The highest BCUT2D eigenvalue weighted by Crippen LogP contribution is 2.56. The van der Waals surface area contributed by atoms with E-state index < -0.39 is 11.9 Å². The van der Waals surface area contributed by atoms with Crippen molar-refractivity contribution in [3.63, 3.8) is 0 Å². The highest BCUT2D eigenvalue weighted by molar-refractivity contribution is 6.31. The zero-order valence-electron chi connectivity index (χ0n) is 10.8. The van der Waals surface area contributed by atoms with E-state index in [1.165, 1.54) is 37.0 Å². The molecule has 4 heteroatoms. The number of carbonyl (C=O) groups is 2. The summed E-state index contributed by atoms with van der Waals surface area (Å²) in [6, 6.07) is 0. The van der Waals surface area contributed by atoms with Crippen LogP contribution in [0.3, 0.4) is 0 Å². The Kier molecular flexibility index (Phi) is 2.83. The summed E-state index contributed by atoms with van der Waals surface area (Å²) >= 11 is 0. The van der Waals surface area contributed by atoms with Gasteiger partial charge in [0.1, 0.15) is 0 Å². The molecule has 0 heterocycles. The van der Waals surface area contributed by atoms with E-state index in [-0.39, 0.29) is 0 Å². The molecule has 0 radical (unpaired) electrons. The van der Waals surface area contributed by atoms with E-state index >= 15 is 0 Å². The third kappa shape index (κ3) is 1.91. The van der Waals surface area contributed by atoms with Crippen molar-refractivity contribution in [2.45, 2.75) is 32.1 Å². The molecule has 0 spiro atoms. The summed E-state index contributed by atoms with van der Waals surface area (Å²) in [6.07, 6.45) is 6.67. The number of likely N-dealkylation sites (N-methyl/N-ethyl adjacent to an activating group) is 1. The van der Waals surface area contributed by atoms with Crippen LogP contribution in [-0.2, 0) is 9.59 Å². The minimum atomic E-state index is -1.33. The summed E-state index contributed by atoms with van der Waals surface area (Å²) in [5.41, 5.74) is 0. The predicted molar refractivity (Wildman–Crippen MR) is 65.8 cm³/mol. The highest BCUT2D eigenvalue weighted by Gasteiger charge is 2.48. The van der Waals surface area contributed by atoms with E-state index in [4.69, 9.17) is 5.11 Å². The van der Waals surface area contributed by atoms with Crippen molar-refractivity contribution >= 4 is 11.9 Å². The molecule has 100 valence electrons. The summed E-state index contributed by atoms with van der Waals surface area (Å²) < 4.78 is 0. The third-order valence-electron chi connectivity index (χ3n) is 5.44. The van der Waals surface area contributed by atoms with Crippen molar-refractivity contribution < 1.29 is 14.7 Å². The summed E-state index contributed by atoms with van der Waals surface area (Å²) in [5.74, 6) is 1.78. The summed E-state index contributed by atoms with van der Waals surface area (Å²) in [5, 5.41) is 8.74. The normalized spacial score (nSPS) is 40.8. The average Bonchev–Trinajstić information content (AvgIpc) is 2.31. The van der Waals surface area contributed by atoms with Crippen molar-refractivity contribution in [2.24, 2.45) is 29.6 Å². The monoisotopic (exact) mass is 251 g/mol. The van der Waals surface area contributed by atoms with E-state index in [0.717, 1.165) is 23.7 Å². The Morgan fingerprint density at radius 1 is 1.06 bits per heavy atom. The lowest BCUT2D eigenvalue weighted by atomic mass is 9.52. The molecule has 0 saturated heterocycles. The molecule has 4 nitrogen and oxygen atoms in total. The molecule has 0 unspecified atom stereocenters. The maximum atomic E-state index is 11.4. The Morgan fingerprint density at radius 3 is 2.00 bits per heavy atom. The van der Waals surface area contributed by atoms with Gasteiger partial charge in [0.15, 0.2) is 0 Å². The number of carboxylic acid groups (broad SMARTS) is 1. The number of rotatable bonds is 2. The lowest BCUT2D eigenvalue weighted by molar-refractivity contribution is -0.156. The molecule has 0 atom stereocenters. The van der Waals surface area contributed by atoms with Crippen molar-refractivity contribution in [1.29, 1.82) is 0 Å². The first-order chi connectivity index (χ1) is 8.54. The molecular formula is C14H21NO3. The number of carbonyl (C=O) groups excluding carboxylic acids is 1. The molecule has 1 N–H and O–H groups in total. The van der Waals surface area contributed by atoms with E-state index in [2.05, 4.69) is 0 Å². The standard InChI is InChI=1S/C14H21NO3/c1-15(13(16)14(17)18)7-12-10-3-8-2-9(5-10)6-11(12)4-8/h8-12H,2-7H2,1H3,(H,17,18). The first-order valence-electron chi connectivity index (χ1n) is 7.03. The van der Waals surface area contributed by atoms with Crippen molar-refractivity contribution in [2.75, 3.05) is 13.6 Å². The zero-order valence-corrected chi connectivity index (χ0v) is 10.8. The van der Waals surface area contributed by atoms with Crippen molar-refractivity contribution in [3.05, 3.63) is 0 Å². The number of hydrogen-bond acceptors (Lipinski definition) is 2. The van der Waals surface area contributed by atoms with Crippen LogP contribution >= 0.6 is 0 Å². The summed E-state index contributed by atoms with van der Waals surface area (Å²) in [7, 11) is 1.63. The molecule has 4 saturated carbocycles. The van der Waals surface area contributed by atoms with Gasteiger partial charge < -0.3 is 10.0 Å². The Bertz CT molecular complexity index is 351. The average molecular weight is 251 g/mol. The molecule has 0 aromatic rings. The number of nitrogens with zero attached hydrogens (tertiary/aromatic N) is 1. The lowest BCUT2D eigenvalue weighted by Gasteiger charge is -2.55. The SMILES string of the molecule is CN(CC1C2CC3CC(C2)CC1C3)C(=O)C(=O)O. The largest absolute Gasteiger partial charge is 0.474 e. The number of carboxylic acids is 1. The fraction of sp³-hybridized carbons (Fsp3) is 0.857. The van der Waals surface area contributed by atoms with Gasteiger partial charge in [-0.05, 0) is 61.7 Å². The molecule has 18 heavy (non-hydrogen) atoms. The van der Waals surface area contributed by atoms with E-state index in [9.17, 15) is 9.59 Å². The van der Waals surface area contributed by atoms with Gasteiger partial charge in [-0.1, -0.05) is 0 Å². The van der Waals surface area contributed by atoms with Crippen LogP contribution in [0, 0.1) is 29.6 Å². The topological polar surface area (TPSA) is 57.6 Å². The van der Waals surface area contributed by atoms with Crippen molar-refractivity contribution in [3.8, 4) is 0 Å². The first-order valence-corrected chi connectivity index (χ1v) is 7.03. The van der Waals surface area contributed by atoms with Gasteiger partial charge in [-0.15, -0.1) is 0 Å². The van der Waals surface area contributed by atoms with E-state index in [1.807, 2.05) is 0 Å². The van der Waals surface area contributed by atoms with Gasteiger partial charge in [0.2, 0.25) is 0 Å². The molecule has 0 aliphatic heterocycles. The van der Waals surface area contributed by atoms with E-state index in [0.29, 0.717) is 12.5 Å².